The van der Waals surface area contributed by atoms with Gasteiger partial charge >= 0.3 is 0 Å². The first kappa shape index (κ1) is 14.8. The molecule has 0 bridgehead atoms. The number of nitrogens with one attached hydrogen (secondary N) is 1. The van der Waals surface area contributed by atoms with Crippen LogP contribution in [-0.4, -0.2) is 51.2 Å². The molecule has 0 aliphatic heterocycles. The van der Waals surface area contributed by atoms with Gasteiger partial charge in [0.15, 0.2) is 0 Å². The third-order valence-electron chi connectivity index (χ3n) is 2.01. The molecule has 0 rings (SSSR count). The summed E-state index contributed by atoms with van der Waals surface area (Å²) in [5.74, 6) is 0.655. The summed E-state index contributed by atoms with van der Waals surface area (Å²) in [7, 11) is 1.66. The molecule has 15 heavy (non-hydrogen) atoms. The van der Waals surface area contributed by atoms with Crippen LogP contribution in [0.5, 0.6) is 0 Å². The predicted molar refractivity (Wildman–Crippen MR) is 61.0 cm³/mol. The van der Waals surface area contributed by atoms with Crippen LogP contribution in [-0.2, 0) is 9.47 Å². The topological polar surface area (TPSA) is 50.7 Å². The number of hydrogen-bond donors (Lipinski definition) is 2. The van der Waals surface area contributed by atoms with Crippen molar-refractivity contribution in [2.75, 3.05) is 40.0 Å². The lowest BCUT2D eigenvalue weighted by atomic mass is 10.1. The van der Waals surface area contributed by atoms with Gasteiger partial charge in [-0.1, -0.05) is 13.8 Å². The van der Waals surface area contributed by atoms with Crippen LogP contribution in [0, 0.1) is 5.92 Å². The molecule has 1 unspecified atom stereocenters. The van der Waals surface area contributed by atoms with Crippen LogP contribution in [0.1, 0.15) is 20.3 Å². The van der Waals surface area contributed by atoms with Crippen molar-refractivity contribution in [3.8, 4) is 0 Å². The summed E-state index contributed by atoms with van der Waals surface area (Å²) < 4.78 is 10.2. The van der Waals surface area contributed by atoms with Gasteiger partial charge < -0.3 is 19.9 Å². The van der Waals surface area contributed by atoms with E-state index in [1.165, 1.54) is 0 Å². The summed E-state index contributed by atoms with van der Waals surface area (Å²) >= 11 is 0. The van der Waals surface area contributed by atoms with E-state index < -0.39 is 6.10 Å². The van der Waals surface area contributed by atoms with Crippen molar-refractivity contribution < 1.29 is 14.6 Å². The van der Waals surface area contributed by atoms with Crippen molar-refractivity contribution in [3.05, 3.63) is 0 Å². The van der Waals surface area contributed by atoms with E-state index in [-0.39, 0.29) is 0 Å². The number of rotatable bonds is 10. The second-order valence-corrected chi connectivity index (χ2v) is 4.11. The molecule has 0 aromatic heterocycles. The maximum absolute atomic E-state index is 9.49. The van der Waals surface area contributed by atoms with Gasteiger partial charge in [0.2, 0.25) is 0 Å². The third kappa shape index (κ3) is 11.8. The largest absolute Gasteiger partial charge is 0.389 e. The van der Waals surface area contributed by atoms with Crippen molar-refractivity contribution in [1.29, 1.82) is 0 Å². The standard InChI is InChI=1S/C11H25NO3/c1-10(2)4-6-15-9-11(13)8-12-5-7-14-3/h10-13H,4-9H2,1-3H3. The molecule has 0 aromatic rings. The lowest BCUT2D eigenvalue weighted by molar-refractivity contribution is 0.0323. The van der Waals surface area contributed by atoms with Gasteiger partial charge in [0.25, 0.3) is 0 Å². The van der Waals surface area contributed by atoms with Gasteiger partial charge in [-0.05, 0) is 12.3 Å². The van der Waals surface area contributed by atoms with Crippen LogP contribution in [0.15, 0.2) is 0 Å². The number of aliphatic hydroxyl groups excluding tert-OH is 1. The second kappa shape index (κ2) is 10.4. The zero-order valence-corrected chi connectivity index (χ0v) is 10.2. The highest BCUT2D eigenvalue weighted by Gasteiger charge is 2.03. The molecule has 4 nitrogen and oxygen atoms in total. The van der Waals surface area contributed by atoms with Crippen molar-refractivity contribution in [3.63, 3.8) is 0 Å². The van der Waals surface area contributed by atoms with Gasteiger partial charge in [-0.2, -0.15) is 0 Å². The monoisotopic (exact) mass is 219 g/mol. The minimum Gasteiger partial charge on any atom is -0.389 e. The molecule has 0 saturated carbocycles. The Kier molecular flexibility index (Phi) is 10.3. The summed E-state index contributed by atoms with van der Waals surface area (Å²) in [5.41, 5.74) is 0. The van der Waals surface area contributed by atoms with Gasteiger partial charge in [-0.3, -0.25) is 0 Å². The number of hydrogen-bond acceptors (Lipinski definition) is 4. The minimum absolute atomic E-state index is 0.409. The summed E-state index contributed by atoms with van der Waals surface area (Å²) in [6, 6.07) is 0. The van der Waals surface area contributed by atoms with E-state index in [1.807, 2.05) is 0 Å². The zero-order valence-electron chi connectivity index (χ0n) is 10.2. The van der Waals surface area contributed by atoms with Crippen LogP contribution < -0.4 is 5.32 Å². The van der Waals surface area contributed by atoms with Crippen LogP contribution in [0.2, 0.25) is 0 Å². The molecule has 0 aliphatic carbocycles. The summed E-state index contributed by atoms with van der Waals surface area (Å²) in [6.07, 6.45) is 0.623. The summed E-state index contributed by atoms with van der Waals surface area (Å²) in [5, 5.41) is 12.6. The predicted octanol–water partition coefficient (Wildman–Crippen LogP) is 0.646. The van der Waals surface area contributed by atoms with E-state index in [4.69, 9.17) is 9.47 Å². The van der Waals surface area contributed by atoms with Gasteiger partial charge in [-0.25, -0.2) is 0 Å². The lowest BCUT2D eigenvalue weighted by Gasteiger charge is -2.12. The van der Waals surface area contributed by atoms with Gasteiger partial charge in [-0.15, -0.1) is 0 Å². The summed E-state index contributed by atoms with van der Waals surface area (Å²) in [4.78, 5) is 0. The first-order valence-corrected chi connectivity index (χ1v) is 5.62. The van der Waals surface area contributed by atoms with Crippen LogP contribution in [0.4, 0.5) is 0 Å². The van der Waals surface area contributed by atoms with E-state index in [0.717, 1.165) is 19.6 Å². The molecule has 92 valence electrons. The molecule has 0 heterocycles. The number of ether oxygens (including phenoxy) is 2. The highest BCUT2D eigenvalue weighted by Crippen LogP contribution is 1.99. The first-order valence-electron chi connectivity index (χ1n) is 5.62. The number of methoxy groups -OCH3 is 1. The molecule has 0 aromatic carbocycles. The highest BCUT2D eigenvalue weighted by molar-refractivity contribution is 4.58. The molecule has 0 spiro atoms. The van der Waals surface area contributed by atoms with E-state index >= 15 is 0 Å². The molecular formula is C11H25NO3. The fourth-order valence-electron chi connectivity index (χ4n) is 1.04. The lowest BCUT2D eigenvalue weighted by Crippen LogP contribution is -2.32. The normalized spacial score (nSPS) is 13.4. The Morgan fingerprint density at radius 2 is 2.00 bits per heavy atom. The molecule has 2 N–H and O–H groups in total. The maximum atomic E-state index is 9.49. The molecule has 4 heteroatoms. The second-order valence-electron chi connectivity index (χ2n) is 4.11. The average molecular weight is 219 g/mol. The van der Waals surface area contributed by atoms with Crippen molar-refractivity contribution in [1.82, 2.24) is 5.32 Å². The smallest absolute Gasteiger partial charge is 0.0897 e. The number of aliphatic hydroxyl groups is 1. The van der Waals surface area contributed by atoms with Gasteiger partial charge in [0.1, 0.15) is 0 Å². The van der Waals surface area contributed by atoms with Gasteiger partial charge in [0, 0.05) is 26.8 Å². The SMILES string of the molecule is COCCNCC(O)COCCC(C)C. The van der Waals surface area contributed by atoms with Crippen molar-refractivity contribution in [2.45, 2.75) is 26.4 Å². The quantitative estimate of drug-likeness (QED) is 0.530. The Morgan fingerprint density at radius 3 is 2.60 bits per heavy atom. The third-order valence-corrected chi connectivity index (χ3v) is 2.01. The van der Waals surface area contributed by atoms with Crippen LogP contribution in [0.3, 0.4) is 0 Å². The average Bonchev–Trinajstić information content (AvgIpc) is 2.19. The maximum Gasteiger partial charge on any atom is 0.0897 e. The van der Waals surface area contributed by atoms with E-state index in [2.05, 4.69) is 19.2 Å². The summed E-state index contributed by atoms with van der Waals surface area (Å²) in [6.45, 7) is 7.45. The molecule has 0 amide bonds. The van der Waals surface area contributed by atoms with Crippen molar-refractivity contribution in [2.24, 2.45) is 5.92 Å². The Morgan fingerprint density at radius 1 is 1.27 bits per heavy atom. The Balaban J connectivity index is 3.15. The van der Waals surface area contributed by atoms with E-state index in [1.54, 1.807) is 7.11 Å². The first-order chi connectivity index (χ1) is 7.16. The van der Waals surface area contributed by atoms with E-state index in [9.17, 15) is 5.11 Å². The fraction of sp³-hybridized carbons (Fsp3) is 1.00. The Hall–Kier alpha value is -0.160. The van der Waals surface area contributed by atoms with Gasteiger partial charge in [0.05, 0.1) is 19.3 Å². The fourth-order valence-corrected chi connectivity index (χ4v) is 1.04. The Labute approximate surface area is 93.0 Å². The highest BCUT2D eigenvalue weighted by atomic mass is 16.5. The van der Waals surface area contributed by atoms with Crippen LogP contribution >= 0.6 is 0 Å². The zero-order chi connectivity index (χ0) is 11.5. The molecule has 1 atom stereocenters. The molecule has 0 saturated heterocycles. The Bertz CT molecular complexity index is 131. The molecule has 0 aliphatic rings. The molecule has 0 radical (unpaired) electrons. The van der Waals surface area contributed by atoms with E-state index in [0.29, 0.717) is 25.7 Å². The van der Waals surface area contributed by atoms with Crippen molar-refractivity contribution >= 4 is 0 Å². The minimum atomic E-state index is -0.422. The van der Waals surface area contributed by atoms with Crippen LogP contribution in [0.25, 0.3) is 0 Å². The molecule has 0 fully saturated rings. The molecular weight excluding hydrogens is 194 g/mol.